The lowest BCUT2D eigenvalue weighted by Crippen LogP contribution is -2.15. The van der Waals surface area contributed by atoms with Crippen LogP contribution < -0.4 is 4.74 Å². The van der Waals surface area contributed by atoms with Crippen molar-refractivity contribution < 1.29 is 14.6 Å². The molecule has 0 aliphatic carbocycles. The lowest BCUT2D eigenvalue weighted by atomic mass is 9.94. The molecule has 0 aromatic heterocycles. The molecule has 2 rings (SSSR count). The van der Waals surface area contributed by atoms with Crippen molar-refractivity contribution in [1.29, 1.82) is 0 Å². The molecule has 2 atom stereocenters. The normalized spacial score (nSPS) is 21.8. The van der Waals surface area contributed by atoms with E-state index in [-0.39, 0.29) is 12.0 Å². The smallest absolute Gasteiger partial charge is 0.125 e. The van der Waals surface area contributed by atoms with Gasteiger partial charge in [0.25, 0.3) is 0 Å². The van der Waals surface area contributed by atoms with E-state index in [1.54, 1.807) is 0 Å². The van der Waals surface area contributed by atoms with E-state index in [0.717, 1.165) is 24.3 Å². The van der Waals surface area contributed by atoms with Gasteiger partial charge in [-0.1, -0.05) is 18.2 Å². The molecule has 1 aromatic rings. The first-order valence-electron chi connectivity index (χ1n) is 6.20. The predicted molar refractivity (Wildman–Crippen MR) is 66.1 cm³/mol. The Morgan fingerprint density at radius 3 is 2.76 bits per heavy atom. The van der Waals surface area contributed by atoms with Crippen LogP contribution >= 0.6 is 0 Å². The van der Waals surface area contributed by atoms with Crippen LogP contribution in [-0.2, 0) is 4.74 Å². The minimum Gasteiger partial charge on any atom is -0.491 e. The molecule has 17 heavy (non-hydrogen) atoms. The number of rotatable bonds is 4. The zero-order valence-corrected chi connectivity index (χ0v) is 10.4. The van der Waals surface area contributed by atoms with Gasteiger partial charge in [-0.05, 0) is 26.3 Å². The lowest BCUT2D eigenvalue weighted by Gasteiger charge is -2.21. The Bertz CT molecular complexity index is 356. The van der Waals surface area contributed by atoms with Crippen molar-refractivity contribution in [3.63, 3.8) is 0 Å². The second kappa shape index (κ2) is 5.52. The Hall–Kier alpha value is -1.06. The van der Waals surface area contributed by atoms with E-state index in [9.17, 15) is 5.11 Å². The molecular weight excluding hydrogens is 216 g/mol. The summed E-state index contributed by atoms with van der Waals surface area (Å²) in [5.74, 6) is 0.966. The molecule has 1 saturated heterocycles. The van der Waals surface area contributed by atoms with Crippen molar-refractivity contribution >= 4 is 0 Å². The Kier molecular flexibility index (Phi) is 4.02. The standard InChI is InChI=1S/C14H20O3/c1-10(2)17-13-6-4-3-5-12(13)14(15)11-7-8-16-9-11/h3-6,10-11,14-15H,7-9H2,1-2H3. The molecule has 94 valence electrons. The Morgan fingerprint density at radius 1 is 1.35 bits per heavy atom. The molecule has 0 bridgehead atoms. The molecule has 0 amide bonds. The van der Waals surface area contributed by atoms with Crippen LogP contribution in [0.15, 0.2) is 24.3 Å². The molecule has 3 nitrogen and oxygen atoms in total. The van der Waals surface area contributed by atoms with E-state index in [2.05, 4.69) is 0 Å². The van der Waals surface area contributed by atoms with Crippen LogP contribution in [0, 0.1) is 5.92 Å². The Labute approximate surface area is 102 Å². The van der Waals surface area contributed by atoms with Crippen molar-refractivity contribution in [3.8, 4) is 5.75 Å². The van der Waals surface area contributed by atoms with E-state index in [1.807, 2.05) is 38.1 Å². The van der Waals surface area contributed by atoms with Gasteiger partial charge in [-0.25, -0.2) is 0 Å². The fraction of sp³-hybridized carbons (Fsp3) is 0.571. The molecule has 1 aliphatic rings. The molecule has 2 unspecified atom stereocenters. The summed E-state index contributed by atoms with van der Waals surface area (Å²) in [6.07, 6.45) is 0.535. The average molecular weight is 236 g/mol. The number of para-hydroxylation sites is 1. The summed E-state index contributed by atoms with van der Waals surface area (Å²) >= 11 is 0. The number of aliphatic hydroxyl groups excluding tert-OH is 1. The quantitative estimate of drug-likeness (QED) is 0.873. The number of benzene rings is 1. The molecule has 0 radical (unpaired) electrons. The van der Waals surface area contributed by atoms with Crippen molar-refractivity contribution in [1.82, 2.24) is 0 Å². The SMILES string of the molecule is CC(C)Oc1ccccc1C(O)C1CCOC1. The van der Waals surface area contributed by atoms with Crippen molar-refractivity contribution in [2.75, 3.05) is 13.2 Å². The maximum absolute atomic E-state index is 10.4. The molecule has 1 N–H and O–H groups in total. The van der Waals surface area contributed by atoms with Crippen LogP contribution in [0.2, 0.25) is 0 Å². The Morgan fingerprint density at radius 2 is 2.12 bits per heavy atom. The van der Waals surface area contributed by atoms with Gasteiger partial charge >= 0.3 is 0 Å². The van der Waals surface area contributed by atoms with Crippen LogP contribution in [0.5, 0.6) is 5.75 Å². The summed E-state index contributed by atoms with van der Waals surface area (Å²) in [7, 11) is 0. The maximum atomic E-state index is 10.4. The molecule has 1 aromatic carbocycles. The molecule has 1 heterocycles. The summed E-state index contributed by atoms with van der Waals surface area (Å²) in [5.41, 5.74) is 0.872. The zero-order chi connectivity index (χ0) is 12.3. The maximum Gasteiger partial charge on any atom is 0.125 e. The van der Waals surface area contributed by atoms with Crippen molar-refractivity contribution in [2.45, 2.75) is 32.5 Å². The highest BCUT2D eigenvalue weighted by atomic mass is 16.5. The van der Waals surface area contributed by atoms with Crippen LogP contribution in [0.1, 0.15) is 31.9 Å². The average Bonchev–Trinajstić information content (AvgIpc) is 2.81. The minimum absolute atomic E-state index is 0.114. The summed E-state index contributed by atoms with van der Waals surface area (Å²) in [5, 5.41) is 10.4. The molecular formula is C14H20O3. The van der Waals surface area contributed by atoms with Gasteiger partial charge in [-0.2, -0.15) is 0 Å². The highest BCUT2D eigenvalue weighted by Gasteiger charge is 2.27. The lowest BCUT2D eigenvalue weighted by molar-refractivity contribution is 0.0877. The van der Waals surface area contributed by atoms with E-state index >= 15 is 0 Å². The summed E-state index contributed by atoms with van der Waals surface area (Å²) in [6, 6.07) is 7.70. The fourth-order valence-electron chi connectivity index (χ4n) is 2.14. The monoisotopic (exact) mass is 236 g/mol. The van der Waals surface area contributed by atoms with E-state index in [0.29, 0.717) is 6.61 Å². The third-order valence-corrected chi connectivity index (χ3v) is 3.01. The largest absolute Gasteiger partial charge is 0.491 e. The molecule has 0 spiro atoms. The van der Waals surface area contributed by atoms with E-state index in [1.165, 1.54) is 0 Å². The minimum atomic E-state index is -0.493. The second-order valence-electron chi connectivity index (χ2n) is 4.77. The molecule has 1 fully saturated rings. The first kappa shape index (κ1) is 12.4. The van der Waals surface area contributed by atoms with Crippen LogP contribution in [-0.4, -0.2) is 24.4 Å². The summed E-state index contributed by atoms with van der Waals surface area (Å²) in [6.45, 7) is 5.36. The number of aliphatic hydroxyl groups is 1. The molecule has 1 aliphatic heterocycles. The highest BCUT2D eigenvalue weighted by molar-refractivity contribution is 5.35. The molecule has 3 heteroatoms. The summed E-state index contributed by atoms with van der Waals surface area (Å²) in [4.78, 5) is 0. The first-order valence-corrected chi connectivity index (χ1v) is 6.20. The third-order valence-electron chi connectivity index (χ3n) is 3.01. The van der Waals surface area contributed by atoms with Crippen molar-refractivity contribution in [2.24, 2.45) is 5.92 Å². The van der Waals surface area contributed by atoms with Gasteiger partial charge in [0.1, 0.15) is 5.75 Å². The Balaban J connectivity index is 2.18. The van der Waals surface area contributed by atoms with Gasteiger partial charge in [0.05, 0.1) is 18.8 Å². The van der Waals surface area contributed by atoms with Gasteiger partial charge in [0.15, 0.2) is 0 Å². The van der Waals surface area contributed by atoms with Crippen LogP contribution in [0.3, 0.4) is 0 Å². The molecule has 0 saturated carbocycles. The third kappa shape index (κ3) is 2.99. The van der Waals surface area contributed by atoms with Gasteiger partial charge in [0, 0.05) is 18.1 Å². The predicted octanol–water partition coefficient (Wildman–Crippen LogP) is 2.54. The topological polar surface area (TPSA) is 38.7 Å². The van der Waals surface area contributed by atoms with E-state index in [4.69, 9.17) is 9.47 Å². The van der Waals surface area contributed by atoms with Gasteiger partial charge < -0.3 is 14.6 Å². The summed E-state index contributed by atoms with van der Waals surface area (Å²) < 4.78 is 11.0. The zero-order valence-electron chi connectivity index (χ0n) is 10.4. The first-order chi connectivity index (χ1) is 8.18. The van der Waals surface area contributed by atoms with Crippen LogP contribution in [0.4, 0.5) is 0 Å². The second-order valence-corrected chi connectivity index (χ2v) is 4.77. The van der Waals surface area contributed by atoms with Gasteiger partial charge in [-0.3, -0.25) is 0 Å². The van der Waals surface area contributed by atoms with Crippen LogP contribution in [0.25, 0.3) is 0 Å². The number of hydrogen-bond donors (Lipinski definition) is 1. The van der Waals surface area contributed by atoms with Gasteiger partial charge in [0.2, 0.25) is 0 Å². The van der Waals surface area contributed by atoms with E-state index < -0.39 is 6.10 Å². The number of ether oxygens (including phenoxy) is 2. The highest BCUT2D eigenvalue weighted by Crippen LogP contribution is 2.34. The van der Waals surface area contributed by atoms with Crippen molar-refractivity contribution in [3.05, 3.63) is 29.8 Å². The fourth-order valence-corrected chi connectivity index (χ4v) is 2.14. The number of hydrogen-bond acceptors (Lipinski definition) is 3. The van der Waals surface area contributed by atoms with Gasteiger partial charge in [-0.15, -0.1) is 0 Å².